The van der Waals surface area contributed by atoms with Gasteiger partial charge >= 0.3 is 0 Å². The Morgan fingerprint density at radius 2 is 1.85 bits per heavy atom. The second kappa shape index (κ2) is 7.72. The van der Waals surface area contributed by atoms with Gasteiger partial charge in [0.25, 0.3) is 5.91 Å². The fourth-order valence-corrected chi connectivity index (χ4v) is 3.95. The minimum Gasteiger partial charge on any atom is -0.312 e. The summed E-state index contributed by atoms with van der Waals surface area (Å²) in [6, 6.07) is 17.1. The number of nitrogens with one attached hydrogen (secondary N) is 1. The number of aromatic nitrogens is 1. The number of para-hydroxylation sites is 1. The van der Waals surface area contributed by atoms with Gasteiger partial charge in [0.15, 0.2) is 5.13 Å². The summed E-state index contributed by atoms with van der Waals surface area (Å²) < 4.78 is 0. The van der Waals surface area contributed by atoms with Crippen LogP contribution < -0.4 is 10.2 Å². The van der Waals surface area contributed by atoms with Crippen LogP contribution >= 0.6 is 11.3 Å². The molecule has 0 spiro atoms. The first-order valence-electron chi connectivity index (χ1n) is 8.90. The molecule has 2 amide bonds. The highest BCUT2D eigenvalue weighted by Gasteiger charge is 2.23. The van der Waals surface area contributed by atoms with E-state index in [9.17, 15) is 9.59 Å². The van der Waals surface area contributed by atoms with Crippen molar-refractivity contribution in [2.24, 2.45) is 0 Å². The SMILES string of the molecule is O=C(Nc1nc(CCC(=O)N2CCc3ccccc32)cs1)c1ccccc1. The molecule has 4 rings (SSSR count). The molecule has 27 heavy (non-hydrogen) atoms. The van der Waals surface area contributed by atoms with Crippen molar-refractivity contribution in [3.8, 4) is 0 Å². The maximum atomic E-state index is 12.6. The predicted octanol–water partition coefficient (Wildman–Crippen LogP) is 3.92. The Hall–Kier alpha value is -2.99. The lowest BCUT2D eigenvalue weighted by Gasteiger charge is -2.16. The third-order valence-electron chi connectivity index (χ3n) is 4.59. The molecule has 5 nitrogen and oxygen atoms in total. The second-order valence-corrected chi connectivity index (χ2v) is 7.25. The van der Waals surface area contributed by atoms with Crippen LogP contribution in [0.4, 0.5) is 10.8 Å². The monoisotopic (exact) mass is 377 g/mol. The molecule has 2 heterocycles. The van der Waals surface area contributed by atoms with Crippen LogP contribution in [0.5, 0.6) is 0 Å². The van der Waals surface area contributed by atoms with Crippen LogP contribution in [0.15, 0.2) is 60.0 Å². The number of hydrogen-bond acceptors (Lipinski definition) is 4. The zero-order chi connectivity index (χ0) is 18.6. The number of fused-ring (bicyclic) bond motifs is 1. The molecule has 6 heteroatoms. The average molecular weight is 377 g/mol. The van der Waals surface area contributed by atoms with E-state index in [0.717, 1.165) is 24.3 Å². The number of thiazole rings is 1. The molecule has 1 aliphatic heterocycles. The van der Waals surface area contributed by atoms with E-state index in [1.165, 1.54) is 16.9 Å². The molecule has 0 atom stereocenters. The molecule has 1 N–H and O–H groups in total. The lowest BCUT2D eigenvalue weighted by atomic mass is 10.2. The molecule has 0 saturated heterocycles. The molecule has 0 saturated carbocycles. The van der Waals surface area contributed by atoms with Crippen molar-refractivity contribution in [1.29, 1.82) is 0 Å². The van der Waals surface area contributed by atoms with E-state index < -0.39 is 0 Å². The molecular formula is C21H19N3O2S. The first-order valence-corrected chi connectivity index (χ1v) is 9.78. The van der Waals surface area contributed by atoms with Crippen molar-refractivity contribution in [3.05, 3.63) is 76.8 Å². The smallest absolute Gasteiger partial charge is 0.257 e. The Bertz CT molecular complexity index is 968. The van der Waals surface area contributed by atoms with Gasteiger partial charge in [-0.05, 0) is 36.6 Å². The predicted molar refractivity (Wildman–Crippen MR) is 107 cm³/mol. The minimum absolute atomic E-state index is 0.114. The van der Waals surface area contributed by atoms with Gasteiger partial charge in [0.05, 0.1) is 5.69 Å². The summed E-state index contributed by atoms with van der Waals surface area (Å²) >= 11 is 1.38. The van der Waals surface area contributed by atoms with Crippen LogP contribution in [0, 0.1) is 0 Å². The van der Waals surface area contributed by atoms with E-state index in [2.05, 4.69) is 16.4 Å². The number of carbonyl (C=O) groups excluding carboxylic acids is 2. The topological polar surface area (TPSA) is 62.3 Å². The van der Waals surface area contributed by atoms with Gasteiger partial charge in [-0.2, -0.15) is 0 Å². The molecule has 0 aliphatic carbocycles. The Morgan fingerprint density at radius 3 is 2.70 bits per heavy atom. The highest BCUT2D eigenvalue weighted by atomic mass is 32.1. The van der Waals surface area contributed by atoms with E-state index in [-0.39, 0.29) is 11.8 Å². The Kier molecular flexibility index (Phi) is 4.98. The van der Waals surface area contributed by atoms with E-state index >= 15 is 0 Å². The van der Waals surface area contributed by atoms with Gasteiger partial charge in [-0.15, -0.1) is 11.3 Å². The number of nitrogens with zero attached hydrogens (tertiary/aromatic N) is 2. The lowest BCUT2D eigenvalue weighted by molar-refractivity contribution is -0.118. The lowest BCUT2D eigenvalue weighted by Crippen LogP contribution is -2.29. The Morgan fingerprint density at radius 1 is 1.07 bits per heavy atom. The molecule has 1 aliphatic rings. The van der Waals surface area contributed by atoms with Crippen LogP contribution in [-0.2, 0) is 17.6 Å². The average Bonchev–Trinajstić information content (AvgIpc) is 3.33. The number of hydrogen-bond donors (Lipinski definition) is 1. The molecule has 136 valence electrons. The van der Waals surface area contributed by atoms with Gasteiger partial charge in [0.1, 0.15) is 0 Å². The van der Waals surface area contributed by atoms with Crippen molar-refractivity contribution in [2.75, 3.05) is 16.8 Å². The first kappa shape index (κ1) is 17.4. The van der Waals surface area contributed by atoms with Crippen LogP contribution in [0.2, 0.25) is 0 Å². The quantitative estimate of drug-likeness (QED) is 0.733. The highest BCUT2D eigenvalue weighted by Crippen LogP contribution is 2.28. The number of aryl methyl sites for hydroxylation is 1. The number of rotatable bonds is 5. The van der Waals surface area contributed by atoms with Crippen LogP contribution in [0.3, 0.4) is 0 Å². The van der Waals surface area contributed by atoms with E-state index in [1.54, 1.807) is 12.1 Å². The molecule has 0 bridgehead atoms. The Labute approximate surface area is 161 Å². The number of amides is 2. The maximum Gasteiger partial charge on any atom is 0.257 e. The molecule has 0 fully saturated rings. The normalized spacial score (nSPS) is 12.7. The highest BCUT2D eigenvalue weighted by molar-refractivity contribution is 7.14. The van der Waals surface area contributed by atoms with Gasteiger partial charge in [-0.3, -0.25) is 14.9 Å². The van der Waals surface area contributed by atoms with Gasteiger partial charge in [-0.1, -0.05) is 36.4 Å². The van der Waals surface area contributed by atoms with Crippen LogP contribution in [0.25, 0.3) is 0 Å². The number of benzene rings is 2. The number of anilines is 2. The van der Waals surface area contributed by atoms with E-state index in [1.807, 2.05) is 46.7 Å². The van der Waals surface area contributed by atoms with Crippen molar-refractivity contribution in [3.63, 3.8) is 0 Å². The van der Waals surface area contributed by atoms with Crippen molar-refractivity contribution in [2.45, 2.75) is 19.3 Å². The van der Waals surface area contributed by atoms with Crippen molar-refractivity contribution in [1.82, 2.24) is 4.98 Å². The zero-order valence-corrected chi connectivity index (χ0v) is 15.5. The van der Waals surface area contributed by atoms with Gasteiger partial charge in [0, 0.05) is 29.6 Å². The third kappa shape index (κ3) is 3.90. The molecule has 2 aromatic carbocycles. The summed E-state index contributed by atoms with van der Waals surface area (Å²) in [5.74, 6) is -0.0657. The van der Waals surface area contributed by atoms with E-state index in [0.29, 0.717) is 23.5 Å². The summed E-state index contributed by atoms with van der Waals surface area (Å²) in [6.07, 6.45) is 1.88. The largest absolute Gasteiger partial charge is 0.312 e. The summed E-state index contributed by atoms with van der Waals surface area (Å²) in [4.78, 5) is 31.1. The number of carbonyl (C=O) groups is 2. The summed E-state index contributed by atoms with van der Waals surface area (Å²) in [6.45, 7) is 0.744. The minimum atomic E-state index is -0.179. The molecule has 0 radical (unpaired) electrons. The van der Waals surface area contributed by atoms with Gasteiger partial charge < -0.3 is 4.90 Å². The molecular weight excluding hydrogens is 358 g/mol. The fraction of sp³-hybridized carbons (Fsp3) is 0.190. The second-order valence-electron chi connectivity index (χ2n) is 6.39. The third-order valence-corrected chi connectivity index (χ3v) is 5.40. The van der Waals surface area contributed by atoms with Crippen molar-refractivity contribution < 1.29 is 9.59 Å². The molecule has 0 unspecified atom stereocenters. The van der Waals surface area contributed by atoms with Crippen LogP contribution in [0.1, 0.15) is 28.0 Å². The first-order chi connectivity index (χ1) is 13.2. The fourth-order valence-electron chi connectivity index (χ4n) is 3.21. The summed E-state index contributed by atoms with van der Waals surface area (Å²) in [5, 5.41) is 5.26. The van der Waals surface area contributed by atoms with Crippen LogP contribution in [-0.4, -0.2) is 23.3 Å². The zero-order valence-electron chi connectivity index (χ0n) is 14.7. The standard InChI is InChI=1S/C21H19N3O2S/c25-19(24-13-12-15-6-4-5-9-18(15)24)11-10-17-14-27-21(22-17)23-20(26)16-7-2-1-3-8-16/h1-9,14H,10-13H2,(H,22,23,26). The van der Waals surface area contributed by atoms with Gasteiger partial charge in [0.2, 0.25) is 5.91 Å². The summed E-state index contributed by atoms with van der Waals surface area (Å²) in [7, 11) is 0. The van der Waals surface area contributed by atoms with E-state index in [4.69, 9.17) is 0 Å². The van der Waals surface area contributed by atoms with Gasteiger partial charge in [-0.25, -0.2) is 4.98 Å². The summed E-state index contributed by atoms with van der Waals surface area (Å²) in [5.41, 5.74) is 3.67. The molecule has 3 aromatic rings. The maximum absolute atomic E-state index is 12.6. The molecule has 1 aromatic heterocycles. The van der Waals surface area contributed by atoms with Crippen molar-refractivity contribution >= 4 is 34.0 Å². The Balaban J connectivity index is 1.34.